The fourth-order valence-electron chi connectivity index (χ4n) is 4.55. The first-order chi connectivity index (χ1) is 17.2. The second-order valence-corrected chi connectivity index (χ2v) is 11.3. The van der Waals surface area contributed by atoms with Crippen molar-refractivity contribution in [3.05, 3.63) is 82.8 Å². The van der Waals surface area contributed by atoms with Crippen LogP contribution in [0.2, 0.25) is 5.02 Å². The molecule has 0 fully saturated rings. The molecule has 0 aliphatic carbocycles. The van der Waals surface area contributed by atoms with Crippen molar-refractivity contribution in [3.8, 4) is 23.1 Å². The van der Waals surface area contributed by atoms with Gasteiger partial charge in [0.05, 0.1) is 10.6 Å². The Balaban J connectivity index is 1.81. The Hall–Kier alpha value is -3.50. The number of aromatic nitrogens is 3. The number of rotatable bonds is 4. The first kappa shape index (κ1) is 26.6. The molecule has 0 spiro atoms. The number of anilines is 1. The van der Waals surface area contributed by atoms with Crippen molar-refractivity contribution in [2.45, 2.75) is 52.8 Å². The van der Waals surface area contributed by atoms with Gasteiger partial charge in [-0.2, -0.15) is 13.2 Å². The highest BCUT2D eigenvalue weighted by atomic mass is 35.5. The Kier molecular flexibility index (Phi) is 7.00. The average Bonchev–Trinajstić information content (AvgIpc) is 3.15. The summed E-state index contributed by atoms with van der Waals surface area (Å²) in [6, 6.07) is 13.8. The van der Waals surface area contributed by atoms with Gasteiger partial charge in [0.2, 0.25) is 0 Å². The van der Waals surface area contributed by atoms with Gasteiger partial charge in [0.1, 0.15) is 17.2 Å². The van der Waals surface area contributed by atoms with Crippen LogP contribution in [0, 0.1) is 17.3 Å². The summed E-state index contributed by atoms with van der Waals surface area (Å²) < 4.78 is 42.3. The number of imidazole rings is 1. The maximum Gasteiger partial charge on any atom is 0.417 e. The Morgan fingerprint density at radius 2 is 1.68 bits per heavy atom. The molecule has 0 saturated carbocycles. The number of nitrogens with zero attached hydrogens (tertiary/aromatic N) is 3. The molecule has 0 amide bonds. The van der Waals surface area contributed by atoms with E-state index in [1.165, 1.54) is 4.40 Å². The van der Waals surface area contributed by atoms with Crippen LogP contribution in [0.25, 0.3) is 16.9 Å². The summed E-state index contributed by atoms with van der Waals surface area (Å²) in [5.41, 5.74) is 1.62. The molecule has 0 saturated heterocycles. The Morgan fingerprint density at radius 1 is 0.973 bits per heavy atom. The first-order valence-corrected chi connectivity index (χ1v) is 12.2. The standard InChI is InChI=1S/C29H28ClF3N4/c1-27(2,3)18-28(4,5)36-26-24(35-25-23(30)16-21(17-37(25)26)29(31,32)33)20-12-9-19(10-13-20)11-14-22-8-6-7-15-34-22/h6-10,12-13,15-17,36H,18H2,1-5H3. The topological polar surface area (TPSA) is 42.2 Å². The number of nitrogens with one attached hydrogen (secondary N) is 1. The minimum Gasteiger partial charge on any atom is -0.364 e. The third kappa shape index (κ3) is 6.44. The molecule has 3 aromatic heterocycles. The smallest absolute Gasteiger partial charge is 0.364 e. The summed E-state index contributed by atoms with van der Waals surface area (Å²) in [6.45, 7) is 10.4. The SMILES string of the molecule is CC(C)(C)CC(C)(C)Nc1c(-c2ccc(C#Cc3ccccn3)cc2)nc2c(Cl)cc(C(F)(F)F)cn12. The highest BCUT2D eigenvalue weighted by molar-refractivity contribution is 6.33. The van der Waals surface area contributed by atoms with E-state index in [4.69, 9.17) is 11.6 Å². The van der Waals surface area contributed by atoms with Crippen molar-refractivity contribution in [2.75, 3.05) is 5.32 Å². The summed E-state index contributed by atoms with van der Waals surface area (Å²) in [6.07, 6.45) is -1.06. The zero-order chi connectivity index (χ0) is 27.0. The van der Waals surface area contributed by atoms with Gasteiger partial charge in [-0.3, -0.25) is 4.40 Å². The van der Waals surface area contributed by atoms with Crippen molar-refractivity contribution in [2.24, 2.45) is 5.41 Å². The molecule has 4 nitrogen and oxygen atoms in total. The lowest BCUT2D eigenvalue weighted by atomic mass is 9.82. The average molecular weight is 525 g/mol. The van der Waals surface area contributed by atoms with Gasteiger partial charge in [0, 0.05) is 29.1 Å². The number of benzene rings is 1. The molecule has 0 radical (unpaired) electrons. The van der Waals surface area contributed by atoms with Gasteiger partial charge in [-0.05, 0) is 61.9 Å². The molecule has 37 heavy (non-hydrogen) atoms. The second kappa shape index (κ2) is 9.75. The number of alkyl halides is 3. The van der Waals surface area contributed by atoms with E-state index in [1.807, 2.05) is 56.3 Å². The summed E-state index contributed by atoms with van der Waals surface area (Å²) >= 11 is 6.31. The van der Waals surface area contributed by atoms with Crippen molar-refractivity contribution in [1.29, 1.82) is 0 Å². The molecule has 0 unspecified atom stereocenters. The summed E-state index contributed by atoms with van der Waals surface area (Å²) in [5, 5.41) is 3.40. The lowest BCUT2D eigenvalue weighted by molar-refractivity contribution is -0.137. The number of pyridine rings is 2. The van der Waals surface area contributed by atoms with E-state index in [-0.39, 0.29) is 16.1 Å². The Bertz CT molecular complexity index is 1470. The number of fused-ring (bicyclic) bond motifs is 1. The van der Waals surface area contributed by atoms with Crippen LogP contribution in [0.15, 0.2) is 60.9 Å². The zero-order valence-electron chi connectivity index (χ0n) is 21.3. The van der Waals surface area contributed by atoms with E-state index in [0.29, 0.717) is 17.2 Å². The van der Waals surface area contributed by atoms with Crippen LogP contribution < -0.4 is 5.32 Å². The van der Waals surface area contributed by atoms with Gasteiger partial charge in [0.25, 0.3) is 0 Å². The van der Waals surface area contributed by atoms with Crippen LogP contribution >= 0.6 is 11.6 Å². The molecule has 8 heteroatoms. The lowest BCUT2D eigenvalue weighted by Gasteiger charge is -2.34. The molecule has 0 aliphatic rings. The molecule has 0 aliphatic heterocycles. The molecule has 4 rings (SSSR count). The number of hydrogen-bond acceptors (Lipinski definition) is 3. The molecule has 0 atom stereocenters. The minimum atomic E-state index is -4.55. The van der Waals surface area contributed by atoms with Gasteiger partial charge in [-0.25, -0.2) is 9.97 Å². The number of halogens is 4. The first-order valence-electron chi connectivity index (χ1n) is 11.8. The van der Waals surface area contributed by atoms with Crippen LogP contribution in [0.1, 0.15) is 57.9 Å². The van der Waals surface area contributed by atoms with Gasteiger partial charge in [-0.15, -0.1) is 0 Å². The van der Waals surface area contributed by atoms with E-state index in [1.54, 1.807) is 6.20 Å². The molecular weight excluding hydrogens is 497 g/mol. The van der Waals surface area contributed by atoms with E-state index < -0.39 is 17.3 Å². The van der Waals surface area contributed by atoms with Crippen LogP contribution in [0.5, 0.6) is 0 Å². The van der Waals surface area contributed by atoms with E-state index >= 15 is 0 Å². The molecule has 4 aromatic rings. The molecule has 0 bridgehead atoms. The summed E-state index contributed by atoms with van der Waals surface area (Å²) in [7, 11) is 0. The Labute approximate surface area is 219 Å². The maximum atomic E-state index is 13.6. The number of hydrogen-bond donors (Lipinski definition) is 1. The van der Waals surface area contributed by atoms with Crippen LogP contribution in [-0.4, -0.2) is 19.9 Å². The normalized spacial score (nSPS) is 12.4. The fourth-order valence-corrected chi connectivity index (χ4v) is 4.81. The summed E-state index contributed by atoms with van der Waals surface area (Å²) in [4.78, 5) is 8.86. The largest absolute Gasteiger partial charge is 0.417 e. The molecular formula is C29H28ClF3N4. The highest BCUT2D eigenvalue weighted by Gasteiger charge is 2.34. The van der Waals surface area contributed by atoms with Crippen molar-refractivity contribution in [3.63, 3.8) is 0 Å². The quantitative estimate of drug-likeness (QED) is 0.274. The maximum absolute atomic E-state index is 13.6. The van der Waals surface area contributed by atoms with Crippen molar-refractivity contribution in [1.82, 2.24) is 14.4 Å². The third-order valence-electron chi connectivity index (χ3n) is 5.59. The second-order valence-electron chi connectivity index (χ2n) is 10.9. The highest BCUT2D eigenvalue weighted by Crippen LogP contribution is 2.39. The van der Waals surface area contributed by atoms with Gasteiger partial charge in [0.15, 0.2) is 5.65 Å². The predicted octanol–water partition coefficient (Wildman–Crippen LogP) is 8.10. The summed E-state index contributed by atoms with van der Waals surface area (Å²) in [5.74, 6) is 6.54. The van der Waals surface area contributed by atoms with Gasteiger partial charge < -0.3 is 5.32 Å². The van der Waals surface area contributed by atoms with Crippen LogP contribution in [0.3, 0.4) is 0 Å². The van der Waals surface area contributed by atoms with Crippen LogP contribution in [-0.2, 0) is 6.18 Å². The molecule has 1 aromatic carbocycles. The zero-order valence-corrected chi connectivity index (χ0v) is 22.1. The van der Waals surface area contributed by atoms with Gasteiger partial charge >= 0.3 is 6.18 Å². The lowest BCUT2D eigenvalue weighted by Crippen LogP contribution is -2.36. The predicted molar refractivity (Wildman–Crippen MR) is 143 cm³/mol. The fraction of sp³-hybridized carbons (Fsp3) is 0.310. The molecule has 1 N–H and O–H groups in total. The van der Waals surface area contributed by atoms with E-state index in [2.05, 4.69) is 47.9 Å². The van der Waals surface area contributed by atoms with Crippen LogP contribution in [0.4, 0.5) is 19.0 Å². The minimum absolute atomic E-state index is 0.0140. The molecule has 192 valence electrons. The van der Waals surface area contributed by atoms with E-state index in [9.17, 15) is 13.2 Å². The van der Waals surface area contributed by atoms with Crippen molar-refractivity contribution < 1.29 is 13.2 Å². The molecule has 3 heterocycles. The Morgan fingerprint density at radius 3 is 2.27 bits per heavy atom. The van der Waals surface area contributed by atoms with Crippen molar-refractivity contribution >= 4 is 23.1 Å². The van der Waals surface area contributed by atoms with Gasteiger partial charge in [-0.1, -0.05) is 56.5 Å². The monoisotopic (exact) mass is 524 g/mol. The third-order valence-corrected chi connectivity index (χ3v) is 5.87. The van der Waals surface area contributed by atoms with E-state index in [0.717, 1.165) is 29.8 Å².